The van der Waals surface area contributed by atoms with Crippen molar-refractivity contribution >= 4 is 11.5 Å². The fourth-order valence-corrected chi connectivity index (χ4v) is 3.75. The van der Waals surface area contributed by atoms with Gasteiger partial charge in [0.15, 0.2) is 5.65 Å². The molecule has 0 saturated carbocycles. The molecule has 0 amide bonds. The third-order valence-electron chi connectivity index (χ3n) is 5.03. The SMILES string of the molecule is c1ccc2c(c1)CCCC2Nc1ccc2ncc(-c3ccncc3)n2n1. The van der Waals surface area contributed by atoms with Gasteiger partial charge in [0.2, 0.25) is 0 Å². The summed E-state index contributed by atoms with van der Waals surface area (Å²) in [5, 5.41) is 8.43. The number of fused-ring (bicyclic) bond motifs is 2. The first kappa shape index (κ1) is 15.1. The standard InChI is InChI=1S/C21H19N5/c1-2-6-17-15(4-1)5-3-7-18(17)24-20-8-9-21-23-14-19(26(21)25-20)16-10-12-22-13-11-16/h1-2,4,6,8-14,18H,3,5,7H2,(H,24,25). The van der Waals surface area contributed by atoms with Gasteiger partial charge in [-0.3, -0.25) is 4.98 Å². The van der Waals surface area contributed by atoms with E-state index in [1.807, 2.05) is 35.0 Å². The van der Waals surface area contributed by atoms with Crippen LogP contribution in [0.5, 0.6) is 0 Å². The number of nitrogens with zero attached hydrogens (tertiary/aromatic N) is 4. The zero-order valence-corrected chi connectivity index (χ0v) is 14.3. The van der Waals surface area contributed by atoms with E-state index in [2.05, 4.69) is 39.6 Å². The van der Waals surface area contributed by atoms with E-state index in [1.165, 1.54) is 17.5 Å². The predicted octanol–water partition coefficient (Wildman–Crippen LogP) is 4.28. The molecule has 3 aromatic heterocycles. The lowest BCUT2D eigenvalue weighted by molar-refractivity contribution is 0.597. The number of nitrogens with one attached hydrogen (secondary N) is 1. The Morgan fingerprint density at radius 3 is 2.81 bits per heavy atom. The molecule has 1 aromatic carbocycles. The van der Waals surface area contributed by atoms with Crippen LogP contribution in [0, 0.1) is 0 Å². The predicted molar refractivity (Wildman–Crippen MR) is 102 cm³/mol. The van der Waals surface area contributed by atoms with Gasteiger partial charge in [-0.05, 0) is 54.7 Å². The van der Waals surface area contributed by atoms with Crippen molar-refractivity contribution in [1.29, 1.82) is 0 Å². The van der Waals surface area contributed by atoms with Gasteiger partial charge in [-0.1, -0.05) is 24.3 Å². The van der Waals surface area contributed by atoms with Gasteiger partial charge in [-0.2, -0.15) is 0 Å². The second kappa shape index (κ2) is 6.26. The number of hydrogen-bond acceptors (Lipinski definition) is 4. The second-order valence-corrected chi connectivity index (χ2v) is 6.66. The Morgan fingerprint density at radius 1 is 1.00 bits per heavy atom. The average molecular weight is 341 g/mol. The number of aromatic nitrogens is 4. The van der Waals surface area contributed by atoms with E-state index < -0.39 is 0 Å². The highest BCUT2D eigenvalue weighted by molar-refractivity contribution is 5.63. The topological polar surface area (TPSA) is 55.1 Å². The molecule has 1 unspecified atom stereocenters. The van der Waals surface area contributed by atoms with E-state index >= 15 is 0 Å². The zero-order valence-electron chi connectivity index (χ0n) is 14.3. The van der Waals surface area contributed by atoms with E-state index in [9.17, 15) is 0 Å². The number of pyridine rings is 1. The van der Waals surface area contributed by atoms with Crippen LogP contribution in [-0.2, 0) is 6.42 Å². The molecule has 0 saturated heterocycles. The molecule has 4 aromatic rings. The summed E-state index contributed by atoms with van der Waals surface area (Å²) >= 11 is 0. The van der Waals surface area contributed by atoms with Gasteiger partial charge in [0.25, 0.3) is 0 Å². The van der Waals surface area contributed by atoms with Gasteiger partial charge < -0.3 is 5.32 Å². The van der Waals surface area contributed by atoms with Gasteiger partial charge in [-0.25, -0.2) is 9.50 Å². The summed E-state index contributed by atoms with van der Waals surface area (Å²) in [6, 6.07) is 17.0. The Balaban J connectivity index is 1.51. The minimum absolute atomic E-state index is 0.304. The minimum Gasteiger partial charge on any atom is -0.362 e. The molecule has 1 N–H and O–H groups in total. The third kappa shape index (κ3) is 2.62. The summed E-state index contributed by atoms with van der Waals surface area (Å²) in [5.74, 6) is 0.868. The van der Waals surface area contributed by atoms with Crippen LogP contribution in [0.3, 0.4) is 0 Å². The highest BCUT2D eigenvalue weighted by Gasteiger charge is 2.20. The number of anilines is 1. The van der Waals surface area contributed by atoms with Crippen LogP contribution in [-0.4, -0.2) is 19.6 Å². The Kier molecular flexibility index (Phi) is 3.63. The second-order valence-electron chi connectivity index (χ2n) is 6.66. The van der Waals surface area contributed by atoms with E-state index in [-0.39, 0.29) is 0 Å². The lowest BCUT2D eigenvalue weighted by atomic mass is 9.88. The summed E-state index contributed by atoms with van der Waals surface area (Å²) in [6.45, 7) is 0. The molecule has 1 atom stereocenters. The molecule has 0 fully saturated rings. The van der Waals surface area contributed by atoms with Crippen molar-refractivity contribution in [3.8, 4) is 11.3 Å². The van der Waals surface area contributed by atoms with Gasteiger partial charge in [0, 0.05) is 18.0 Å². The largest absolute Gasteiger partial charge is 0.362 e. The molecule has 5 heteroatoms. The minimum atomic E-state index is 0.304. The maximum absolute atomic E-state index is 4.80. The number of benzene rings is 1. The first-order valence-electron chi connectivity index (χ1n) is 8.98. The molecule has 3 heterocycles. The van der Waals surface area contributed by atoms with Crippen LogP contribution < -0.4 is 5.32 Å². The molecular weight excluding hydrogens is 322 g/mol. The van der Waals surface area contributed by atoms with Crippen molar-refractivity contribution in [1.82, 2.24) is 19.6 Å². The molecular formula is C21H19N5. The molecule has 0 aliphatic heterocycles. The molecule has 0 spiro atoms. The smallest absolute Gasteiger partial charge is 0.154 e. The molecule has 1 aliphatic rings. The maximum Gasteiger partial charge on any atom is 0.154 e. The number of aryl methyl sites for hydroxylation is 1. The number of imidazole rings is 1. The van der Waals surface area contributed by atoms with Gasteiger partial charge in [0.1, 0.15) is 5.82 Å². The van der Waals surface area contributed by atoms with Crippen LogP contribution in [0.2, 0.25) is 0 Å². The lowest BCUT2D eigenvalue weighted by Gasteiger charge is -2.26. The van der Waals surface area contributed by atoms with Crippen LogP contribution in [0.4, 0.5) is 5.82 Å². The van der Waals surface area contributed by atoms with Gasteiger partial charge in [-0.15, -0.1) is 5.10 Å². The van der Waals surface area contributed by atoms with Crippen molar-refractivity contribution < 1.29 is 0 Å². The van der Waals surface area contributed by atoms with Crippen molar-refractivity contribution in [2.24, 2.45) is 0 Å². The number of rotatable bonds is 3. The van der Waals surface area contributed by atoms with Crippen LogP contribution in [0.1, 0.15) is 30.0 Å². The highest BCUT2D eigenvalue weighted by Crippen LogP contribution is 2.32. The first-order chi connectivity index (χ1) is 12.9. The van der Waals surface area contributed by atoms with E-state index in [4.69, 9.17) is 5.10 Å². The molecule has 0 radical (unpaired) electrons. The third-order valence-corrected chi connectivity index (χ3v) is 5.03. The van der Waals surface area contributed by atoms with Crippen molar-refractivity contribution in [2.75, 3.05) is 5.32 Å². The van der Waals surface area contributed by atoms with Gasteiger partial charge in [0.05, 0.1) is 17.9 Å². The lowest BCUT2D eigenvalue weighted by Crippen LogP contribution is -2.18. The Labute approximate surface area is 151 Å². The molecule has 128 valence electrons. The van der Waals surface area contributed by atoms with Crippen molar-refractivity contribution in [3.05, 3.63) is 78.2 Å². The Hall–Kier alpha value is -3.21. The van der Waals surface area contributed by atoms with Crippen molar-refractivity contribution in [3.63, 3.8) is 0 Å². The Morgan fingerprint density at radius 2 is 1.88 bits per heavy atom. The van der Waals surface area contributed by atoms with E-state index in [1.54, 1.807) is 12.4 Å². The van der Waals surface area contributed by atoms with E-state index in [0.29, 0.717) is 6.04 Å². The molecule has 0 bridgehead atoms. The summed E-state index contributed by atoms with van der Waals surface area (Å²) in [6.07, 6.45) is 8.92. The van der Waals surface area contributed by atoms with Crippen LogP contribution in [0.15, 0.2) is 67.1 Å². The highest BCUT2D eigenvalue weighted by atomic mass is 15.3. The molecule has 1 aliphatic carbocycles. The first-order valence-corrected chi connectivity index (χ1v) is 8.98. The monoisotopic (exact) mass is 341 g/mol. The van der Waals surface area contributed by atoms with Crippen LogP contribution >= 0.6 is 0 Å². The van der Waals surface area contributed by atoms with Gasteiger partial charge >= 0.3 is 0 Å². The average Bonchev–Trinajstić information content (AvgIpc) is 3.12. The normalized spacial score (nSPS) is 16.4. The number of hydrogen-bond donors (Lipinski definition) is 1. The van der Waals surface area contributed by atoms with Crippen molar-refractivity contribution in [2.45, 2.75) is 25.3 Å². The fourth-order valence-electron chi connectivity index (χ4n) is 3.75. The summed E-state index contributed by atoms with van der Waals surface area (Å²) in [5.41, 5.74) is 5.69. The summed E-state index contributed by atoms with van der Waals surface area (Å²) in [7, 11) is 0. The zero-order chi connectivity index (χ0) is 17.3. The Bertz CT molecular complexity index is 1050. The van der Waals surface area contributed by atoms with E-state index in [0.717, 1.165) is 35.6 Å². The summed E-state index contributed by atoms with van der Waals surface area (Å²) in [4.78, 5) is 8.56. The summed E-state index contributed by atoms with van der Waals surface area (Å²) < 4.78 is 1.90. The fraction of sp³-hybridized carbons (Fsp3) is 0.190. The molecule has 5 rings (SSSR count). The van der Waals surface area contributed by atoms with Crippen LogP contribution in [0.25, 0.3) is 16.9 Å². The molecule has 5 nitrogen and oxygen atoms in total. The molecule has 26 heavy (non-hydrogen) atoms. The quantitative estimate of drug-likeness (QED) is 0.604. The maximum atomic E-state index is 4.80.